The van der Waals surface area contributed by atoms with Crippen molar-refractivity contribution in [1.29, 1.82) is 0 Å². The van der Waals surface area contributed by atoms with Crippen molar-refractivity contribution in [1.82, 2.24) is 4.57 Å². The maximum Gasteiger partial charge on any atom is 0.326 e. The van der Waals surface area contributed by atoms with Crippen molar-refractivity contribution >= 4 is 21.7 Å². The number of aromatic nitrogens is 1. The van der Waals surface area contributed by atoms with Gasteiger partial charge in [0.2, 0.25) is 10.0 Å². The molecule has 0 amide bonds. The molecule has 0 aromatic carbocycles. The second kappa shape index (κ2) is 5.67. The van der Waals surface area contributed by atoms with E-state index < -0.39 is 21.6 Å². The highest BCUT2D eigenvalue weighted by Crippen LogP contribution is 2.01. The van der Waals surface area contributed by atoms with Crippen LogP contribution in [-0.2, 0) is 26.1 Å². The molecule has 1 N–H and O–H groups in total. The van der Waals surface area contributed by atoms with Gasteiger partial charge in [0, 0.05) is 6.20 Å². The molecule has 100 valence electrons. The Morgan fingerprint density at radius 2 is 2.17 bits per heavy atom. The topological polar surface area (TPSA) is 94.5 Å². The van der Waals surface area contributed by atoms with Crippen molar-refractivity contribution in [2.24, 2.45) is 0 Å². The third-order valence-electron chi connectivity index (χ3n) is 1.92. The van der Waals surface area contributed by atoms with Gasteiger partial charge >= 0.3 is 5.97 Å². The maximum atomic E-state index is 11.8. The van der Waals surface area contributed by atoms with Gasteiger partial charge in [0.1, 0.15) is 12.2 Å². The van der Waals surface area contributed by atoms with E-state index in [9.17, 15) is 18.0 Å². The van der Waals surface area contributed by atoms with Gasteiger partial charge in [-0.15, -0.1) is 0 Å². The Balaban J connectivity index is 2.99. The number of carbonyl (C=O) groups excluding carboxylic acids is 1. The third kappa shape index (κ3) is 4.21. The molecule has 1 heterocycles. The molecule has 0 fully saturated rings. The van der Waals surface area contributed by atoms with Gasteiger partial charge in [-0.05, 0) is 19.1 Å². The normalized spacial score (nSPS) is 11.0. The largest absolute Gasteiger partial charge is 0.465 e. The molecule has 0 atom stereocenters. The maximum absolute atomic E-state index is 11.8. The molecule has 0 aliphatic carbocycles. The summed E-state index contributed by atoms with van der Waals surface area (Å²) in [6.45, 7) is 1.61. The van der Waals surface area contributed by atoms with Crippen LogP contribution in [0, 0.1) is 0 Å². The third-order valence-corrected chi connectivity index (χ3v) is 2.51. The van der Waals surface area contributed by atoms with Crippen molar-refractivity contribution in [3.63, 3.8) is 0 Å². The van der Waals surface area contributed by atoms with Gasteiger partial charge in [-0.2, -0.15) is 0 Å². The molecule has 18 heavy (non-hydrogen) atoms. The molecular formula is C10H14N2O5S. The van der Waals surface area contributed by atoms with E-state index in [1.165, 1.54) is 18.3 Å². The number of carbonyl (C=O) groups is 1. The van der Waals surface area contributed by atoms with Gasteiger partial charge in [0.05, 0.1) is 12.9 Å². The van der Waals surface area contributed by atoms with Crippen LogP contribution in [0.1, 0.15) is 6.92 Å². The summed E-state index contributed by atoms with van der Waals surface area (Å²) < 4.78 is 29.9. The fraction of sp³-hybridized carbons (Fsp3) is 0.400. The van der Waals surface area contributed by atoms with Crippen LogP contribution in [0.3, 0.4) is 0 Å². The second-order valence-electron chi connectivity index (χ2n) is 3.53. The number of esters is 1. The zero-order valence-electron chi connectivity index (χ0n) is 10.0. The molecule has 0 spiro atoms. The van der Waals surface area contributed by atoms with Crippen LogP contribution in [0.4, 0.5) is 5.69 Å². The summed E-state index contributed by atoms with van der Waals surface area (Å²) in [5.74, 6) is -0.559. The Morgan fingerprint density at radius 3 is 2.72 bits per heavy atom. The van der Waals surface area contributed by atoms with Crippen molar-refractivity contribution in [3.05, 3.63) is 28.7 Å². The lowest BCUT2D eigenvalue weighted by molar-refractivity contribution is -0.143. The number of anilines is 1. The predicted molar refractivity (Wildman–Crippen MR) is 65.8 cm³/mol. The van der Waals surface area contributed by atoms with Gasteiger partial charge in [-0.25, -0.2) is 8.42 Å². The van der Waals surface area contributed by atoms with E-state index in [1.54, 1.807) is 6.92 Å². The number of nitrogens with zero attached hydrogens (tertiary/aromatic N) is 1. The highest BCUT2D eigenvalue weighted by atomic mass is 32.2. The van der Waals surface area contributed by atoms with Gasteiger partial charge in [0.15, 0.2) is 0 Å². The standard InChI is InChI=1S/C10H14N2O5S/c1-3-17-9(13)7-12-6-4-5-8(10(12)14)11-18(2,15)16/h4-6,11H,3,7H2,1-2H3. The van der Waals surface area contributed by atoms with Crippen LogP contribution in [-0.4, -0.2) is 31.8 Å². The molecule has 0 aliphatic heterocycles. The Kier molecular flexibility index (Phi) is 4.49. The monoisotopic (exact) mass is 274 g/mol. The Morgan fingerprint density at radius 1 is 1.50 bits per heavy atom. The molecular weight excluding hydrogens is 260 g/mol. The number of pyridine rings is 1. The van der Waals surface area contributed by atoms with Crippen LogP contribution in [0.15, 0.2) is 23.1 Å². The first-order valence-corrected chi connectivity index (χ1v) is 7.05. The van der Waals surface area contributed by atoms with Crippen LogP contribution in [0.25, 0.3) is 0 Å². The number of nitrogens with one attached hydrogen (secondary N) is 1. The minimum absolute atomic E-state index is 0.107. The molecule has 8 heteroatoms. The minimum Gasteiger partial charge on any atom is -0.465 e. The van der Waals surface area contributed by atoms with Gasteiger partial charge in [-0.3, -0.25) is 14.3 Å². The van der Waals surface area contributed by atoms with E-state index in [4.69, 9.17) is 4.74 Å². The van der Waals surface area contributed by atoms with Gasteiger partial charge < -0.3 is 9.30 Å². The van der Waals surface area contributed by atoms with E-state index in [1.807, 2.05) is 0 Å². The van der Waals surface area contributed by atoms with E-state index in [-0.39, 0.29) is 18.8 Å². The highest BCUT2D eigenvalue weighted by molar-refractivity contribution is 7.92. The molecule has 1 aromatic heterocycles. The van der Waals surface area contributed by atoms with E-state index in [0.29, 0.717) is 0 Å². The van der Waals surface area contributed by atoms with Crippen molar-refractivity contribution in [2.75, 3.05) is 17.6 Å². The summed E-state index contributed by atoms with van der Waals surface area (Å²) in [4.78, 5) is 23.1. The lowest BCUT2D eigenvalue weighted by Gasteiger charge is -2.08. The molecule has 1 rings (SSSR count). The first-order valence-electron chi connectivity index (χ1n) is 5.16. The fourth-order valence-electron chi connectivity index (χ4n) is 1.28. The quantitative estimate of drug-likeness (QED) is 0.749. The van der Waals surface area contributed by atoms with Crippen LogP contribution in [0.2, 0.25) is 0 Å². The highest BCUT2D eigenvalue weighted by Gasteiger charge is 2.10. The second-order valence-corrected chi connectivity index (χ2v) is 5.28. The molecule has 0 saturated heterocycles. The lowest BCUT2D eigenvalue weighted by atomic mass is 10.4. The predicted octanol–water partition coefficient (Wildman–Crippen LogP) is -0.217. The number of sulfonamides is 1. The Labute approximate surface area is 104 Å². The average Bonchev–Trinajstić information content (AvgIpc) is 2.22. The number of rotatable bonds is 5. The number of hydrogen-bond acceptors (Lipinski definition) is 5. The molecule has 0 bridgehead atoms. The van der Waals surface area contributed by atoms with Crippen molar-refractivity contribution in [2.45, 2.75) is 13.5 Å². The first-order chi connectivity index (χ1) is 8.33. The number of hydrogen-bond donors (Lipinski definition) is 1. The smallest absolute Gasteiger partial charge is 0.326 e. The average molecular weight is 274 g/mol. The van der Waals surface area contributed by atoms with Crippen molar-refractivity contribution < 1.29 is 17.9 Å². The van der Waals surface area contributed by atoms with Crippen molar-refractivity contribution in [3.8, 4) is 0 Å². The molecule has 7 nitrogen and oxygen atoms in total. The molecule has 0 unspecified atom stereocenters. The first kappa shape index (κ1) is 14.2. The van der Waals surface area contributed by atoms with Gasteiger partial charge in [-0.1, -0.05) is 0 Å². The molecule has 0 radical (unpaired) electrons. The van der Waals surface area contributed by atoms with Crippen LogP contribution in [0.5, 0.6) is 0 Å². The summed E-state index contributed by atoms with van der Waals surface area (Å²) in [5, 5.41) is 0. The number of ether oxygens (including phenoxy) is 1. The summed E-state index contributed by atoms with van der Waals surface area (Å²) in [5.41, 5.74) is -0.708. The zero-order valence-corrected chi connectivity index (χ0v) is 10.9. The molecule has 0 saturated carbocycles. The summed E-state index contributed by atoms with van der Waals surface area (Å²) in [7, 11) is -3.53. The Bertz CT molecular complexity index is 591. The molecule has 0 aliphatic rings. The lowest BCUT2D eigenvalue weighted by Crippen LogP contribution is -2.28. The summed E-state index contributed by atoms with van der Waals surface area (Å²) in [6.07, 6.45) is 2.32. The summed E-state index contributed by atoms with van der Waals surface area (Å²) >= 11 is 0. The SMILES string of the molecule is CCOC(=O)Cn1cccc(NS(C)(=O)=O)c1=O. The van der Waals surface area contributed by atoms with Crippen LogP contribution < -0.4 is 10.3 Å². The zero-order chi connectivity index (χ0) is 13.8. The minimum atomic E-state index is -3.53. The van der Waals surface area contributed by atoms with E-state index in [0.717, 1.165) is 10.8 Å². The van der Waals surface area contributed by atoms with Crippen LogP contribution >= 0.6 is 0 Å². The summed E-state index contributed by atoms with van der Waals surface area (Å²) in [6, 6.07) is 2.79. The van der Waals surface area contributed by atoms with Gasteiger partial charge in [0.25, 0.3) is 5.56 Å². The van der Waals surface area contributed by atoms with E-state index >= 15 is 0 Å². The fourth-order valence-corrected chi connectivity index (χ4v) is 1.84. The van der Waals surface area contributed by atoms with E-state index in [2.05, 4.69) is 4.72 Å². The molecule has 1 aromatic rings. The Hall–Kier alpha value is -1.83.